The zero-order valence-corrected chi connectivity index (χ0v) is 9.46. The summed E-state index contributed by atoms with van der Waals surface area (Å²) in [6.45, 7) is 3.78. The molecule has 1 aliphatic rings. The van der Waals surface area contributed by atoms with E-state index in [0.29, 0.717) is 12.5 Å². The maximum absolute atomic E-state index is 5.80. The van der Waals surface area contributed by atoms with Gasteiger partial charge in [-0.1, -0.05) is 23.7 Å². The third-order valence-corrected chi connectivity index (χ3v) is 2.95. The van der Waals surface area contributed by atoms with Crippen LogP contribution in [-0.4, -0.2) is 19.7 Å². The summed E-state index contributed by atoms with van der Waals surface area (Å²) in [7, 11) is 0. The Morgan fingerprint density at radius 3 is 2.80 bits per heavy atom. The fourth-order valence-corrected chi connectivity index (χ4v) is 1.91. The molecule has 1 saturated heterocycles. The molecule has 0 aliphatic carbocycles. The number of hydrogen-bond donors (Lipinski definition) is 1. The molecule has 0 aromatic heterocycles. The summed E-state index contributed by atoms with van der Waals surface area (Å²) in [5.41, 5.74) is 1.19. The summed E-state index contributed by atoms with van der Waals surface area (Å²) in [4.78, 5) is 0. The lowest BCUT2D eigenvalue weighted by molar-refractivity contribution is 0.0925. The number of ether oxygens (including phenoxy) is 1. The molecule has 15 heavy (non-hydrogen) atoms. The Balaban J connectivity index is 1.71. The summed E-state index contributed by atoms with van der Waals surface area (Å²) in [6.07, 6.45) is 1.24. The Morgan fingerprint density at radius 1 is 1.33 bits per heavy atom. The molecule has 0 radical (unpaired) electrons. The first-order chi connectivity index (χ1) is 7.34. The molecule has 0 saturated carbocycles. The van der Waals surface area contributed by atoms with Gasteiger partial charge in [0.05, 0.1) is 13.2 Å². The molecule has 1 aromatic rings. The zero-order chi connectivity index (χ0) is 10.5. The van der Waals surface area contributed by atoms with Crippen molar-refractivity contribution >= 4 is 11.6 Å². The first-order valence-corrected chi connectivity index (χ1v) is 5.75. The van der Waals surface area contributed by atoms with E-state index < -0.39 is 0 Å². The molecule has 1 aromatic carbocycles. The molecular formula is C12H16ClNO. The highest BCUT2D eigenvalue weighted by Gasteiger charge is 2.13. The highest BCUT2D eigenvalue weighted by molar-refractivity contribution is 6.30. The number of benzene rings is 1. The normalized spacial score (nSPS) is 20.7. The largest absolute Gasteiger partial charge is 0.376 e. The first kappa shape index (κ1) is 10.9. The van der Waals surface area contributed by atoms with Crippen molar-refractivity contribution in [2.75, 3.05) is 19.7 Å². The van der Waals surface area contributed by atoms with Gasteiger partial charge in [-0.05, 0) is 36.6 Å². The molecule has 3 heteroatoms. The maximum Gasteiger partial charge on any atom is 0.0717 e. The highest BCUT2D eigenvalue weighted by Crippen LogP contribution is 2.12. The Bertz CT molecular complexity index is 293. The summed E-state index contributed by atoms with van der Waals surface area (Å²) in [5.74, 6) is 0.692. The van der Waals surface area contributed by atoms with Gasteiger partial charge < -0.3 is 10.1 Å². The minimum Gasteiger partial charge on any atom is -0.376 e. The SMILES string of the molecule is Clc1ccc(COC[C@@H]2CCNC2)cc1. The van der Waals surface area contributed by atoms with Crippen LogP contribution in [0.3, 0.4) is 0 Å². The number of nitrogens with one attached hydrogen (secondary N) is 1. The number of hydrogen-bond acceptors (Lipinski definition) is 2. The molecular weight excluding hydrogens is 210 g/mol. The van der Waals surface area contributed by atoms with E-state index in [1.54, 1.807) is 0 Å². The van der Waals surface area contributed by atoms with Gasteiger partial charge in [0, 0.05) is 11.6 Å². The standard InChI is InChI=1S/C12H16ClNO/c13-12-3-1-10(2-4-12)8-15-9-11-5-6-14-7-11/h1-4,11,14H,5-9H2/t11-/m1/s1. The average molecular weight is 226 g/mol. The lowest BCUT2D eigenvalue weighted by atomic mass is 10.1. The molecule has 82 valence electrons. The summed E-state index contributed by atoms with van der Waals surface area (Å²) >= 11 is 5.80. The minimum atomic E-state index is 0.688. The zero-order valence-electron chi connectivity index (χ0n) is 8.71. The second kappa shape index (κ2) is 5.50. The van der Waals surface area contributed by atoms with Crippen molar-refractivity contribution in [3.8, 4) is 0 Å². The Hall–Kier alpha value is -0.570. The summed E-state index contributed by atoms with van der Waals surface area (Å²) < 4.78 is 5.66. The first-order valence-electron chi connectivity index (χ1n) is 5.37. The Morgan fingerprint density at radius 2 is 2.13 bits per heavy atom. The molecule has 1 heterocycles. The number of halogens is 1. The van der Waals surface area contributed by atoms with Crippen LogP contribution in [0.4, 0.5) is 0 Å². The van der Waals surface area contributed by atoms with Crippen molar-refractivity contribution < 1.29 is 4.74 Å². The van der Waals surface area contributed by atoms with Crippen LogP contribution in [0.5, 0.6) is 0 Å². The molecule has 0 unspecified atom stereocenters. The van der Waals surface area contributed by atoms with Gasteiger partial charge in [-0.2, -0.15) is 0 Å². The molecule has 0 bridgehead atoms. The van der Waals surface area contributed by atoms with E-state index in [-0.39, 0.29) is 0 Å². The molecule has 1 atom stereocenters. The van der Waals surface area contributed by atoms with Crippen molar-refractivity contribution in [3.63, 3.8) is 0 Å². The quantitative estimate of drug-likeness (QED) is 0.850. The van der Waals surface area contributed by atoms with E-state index in [9.17, 15) is 0 Å². The van der Waals surface area contributed by atoms with Crippen LogP contribution in [-0.2, 0) is 11.3 Å². The van der Waals surface area contributed by atoms with Crippen molar-refractivity contribution in [3.05, 3.63) is 34.9 Å². The molecule has 0 spiro atoms. The monoisotopic (exact) mass is 225 g/mol. The third kappa shape index (κ3) is 3.49. The maximum atomic E-state index is 5.80. The van der Waals surface area contributed by atoms with E-state index >= 15 is 0 Å². The lowest BCUT2D eigenvalue weighted by Gasteiger charge is -2.09. The van der Waals surface area contributed by atoms with Gasteiger partial charge in [0.2, 0.25) is 0 Å². The van der Waals surface area contributed by atoms with Gasteiger partial charge in [0.1, 0.15) is 0 Å². The van der Waals surface area contributed by atoms with Crippen LogP contribution >= 0.6 is 11.6 Å². The van der Waals surface area contributed by atoms with Crippen molar-refractivity contribution in [2.45, 2.75) is 13.0 Å². The van der Waals surface area contributed by atoms with E-state index in [1.807, 2.05) is 24.3 Å². The van der Waals surface area contributed by atoms with Crippen LogP contribution in [0, 0.1) is 5.92 Å². The van der Waals surface area contributed by atoms with Crippen LogP contribution in [0.1, 0.15) is 12.0 Å². The van der Waals surface area contributed by atoms with Crippen LogP contribution in [0.15, 0.2) is 24.3 Å². The fraction of sp³-hybridized carbons (Fsp3) is 0.500. The molecule has 1 aliphatic heterocycles. The predicted molar refractivity (Wildman–Crippen MR) is 62.1 cm³/mol. The molecule has 2 rings (SSSR count). The molecule has 0 amide bonds. The fourth-order valence-electron chi connectivity index (χ4n) is 1.78. The van der Waals surface area contributed by atoms with E-state index in [2.05, 4.69) is 5.32 Å². The van der Waals surface area contributed by atoms with Gasteiger partial charge in [0.25, 0.3) is 0 Å². The van der Waals surface area contributed by atoms with Crippen LogP contribution < -0.4 is 5.32 Å². The van der Waals surface area contributed by atoms with Crippen molar-refractivity contribution in [1.82, 2.24) is 5.32 Å². The van der Waals surface area contributed by atoms with Gasteiger partial charge in [-0.3, -0.25) is 0 Å². The smallest absolute Gasteiger partial charge is 0.0717 e. The second-order valence-corrected chi connectivity index (χ2v) is 4.44. The van der Waals surface area contributed by atoms with Gasteiger partial charge in [-0.25, -0.2) is 0 Å². The minimum absolute atomic E-state index is 0.688. The van der Waals surface area contributed by atoms with Gasteiger partial charge in [0.15, 0.2) is 0 Å². The van der Waals surface area contributed by atoms with E-state index in [4.69, 9.17) is 16.3 Å². The van der Waals surface area contributed by atoms with Crippen molar-refractivity contribution in [2.24, 2.45) is 5.92 Å². The van der Waals surface area contributed by atoms with E-state index in [0.717, 1.165) is 24.7 Å². The Labute approximate surface area is 95.6 Å². The van der Waals surface area contributed by atoms with Crippen LogP contribution in [0.2, 0.25) is 5.02 Å². The highest BCUT2D eigenvalue weighted by atomic mass is 35.5. The average Bonchev–Trinajstić information content (AvgIpc) is 2.74. The van der Waals surface area contributed by atoms with Crippen molar-refractivity contribution in [1.29, 1.82) is 0 Å². The lowest BCUT2D eigenvalue weighted by Crippen LogP contribution is -2.13. The molecule has 2 nitrogen and oxygen atoms in total. The van der Waals surface area contributed by atoms with Crippen LogP contribution in [0.25, 0.3) is 0 Å². The Kier molecular flexibility index (Phi) is 4.01. The topological polar surface area (TPSA) is 21.3 Å². The van der Waals surface area contributed by atoms with E-state index in [1.165, 1.54) is 12.0 Å². The second-order valence-electron chi connectivity index (χ2n) is 4.00. The summed E-state index contributed by atoms with van der Waals surface area (Å²) in [5, 5.41) is 4.11. The number of rotatable bonds is 4. The van der Waals surface area contributed by atoms with Gasteiger partial charge in [-0.15, -0.1) is 0 Å². The predicted octanol–water partition coefficient (Wildman–Crippen LogP) is 2.47. The van der Waals surface area contributed by atoms with Gasteiger partial charge >= 0.3 is 0 Å². The third-order valence-electron chi connectivity index (χ3n) is 2.70. The molecule has 1 N–H and O–H groups in total. The molecule has 1 fully saturated rings. The summed E-state index contributed by atoms with van der Waals surface area (Å²) in [6, 6.07) is 7.82.